The van der Waals surface area contributed by atoms with Crippen molar-refractivity contribution in [1.29, 1.82) is 0 Å². The van der Waals surface area contributed by atoms with E-state index in [2.05, 4.69) is 10.6 Å². The van der Waals surface area contributed by atoms with Gasteiger partial charge in [0.05, 0.1) is 18.8 Å². The predicted molar refractivity (Wildman–Crippen MR) is 133 cm³/mol. The molecule has 2 aliphatic rings. The molecular weight excluding hydrogens is 450 g/mol. The van der Waals surface area contributed by atoms with Crippen molar-refractivity contribution in [2.24, 2.45) is 5.41 Å². The van der Waals surface area contributed by atoms with Crippen LogP contribution >= 0.6 is 0 Å². The Bertz CT molecular complexity index is 832. The minimum absolute atomic E-state index is 0.0400. The molecule has 1 aliphatic carbocycles. The Kier molecular flexibility index (Phi) is 12.0. The molecule has 1 aromatic rings. The first-order valence-corrected chi connectivity index (χ1v) is 12.2. The van der Waals surface area contributed by atoms with Crippen LogP contribution in [0.2, 0.25) is 0 Å². The lowest BCUT2D eigenvalue weighted by Crippen LogP contribution is -2.62. The van der Waals surface area contributed by atoms with E-state index in [1.54, 1.807) is 25.2 Å². The number of amides is 1. The number of ether oxygens (including phenoxy) is 2. The van der Waals surface area contributed by atoms with Crippen LogP contribution in [0.1, 0.15) is 59.2 Å². The summed E-state index contributed by atoms with van der Waals surface area (Å²) >= 11 is 0. The van der Waals surface area contributed by atoms with Crippen LogP contribution in [0.5, 0.6) is 5.75 Å². The second-order valence-corrected chi connectivity index (χ2v) is 9.42. The van der Waals surface area contributed by atoms with E-state index in [-0.39, 0.29) is 11.9 Å². The standard InChI is InChI=1S/C18H23NO4.C8H16N2O2/c20-10-14-3-4-16(7-15(14)11-21)22-5-1-2-6-23-17-8-18(9-17)12-19-13-18;1-9-8(12)7(10(2)3)5-4-6-11/h3-4,7,10-11,17,19H,1-2,5-6,8-9,12-13H2;6-7H,4-5H2,1-3H3,(H,9,12). The Morgan fingerprint density at radius 2 is 1.83 bits per heavy atom. The molecule has 1 saturated carbocycles. The molecule has 194 valence electrons. The van der Waals surface area contributed by atoms with Gasteiger partial charge in [0.2, 0.25) is 5.91 Å². The predicted octanol–water partition coefficient (Wildman–Crippen LogP) is 1.88. The lowest BCUT2D eigenvalue weighted by atomic mass is 9.63. The van der Waals surface area contributed by atoms with Gasteiger partial charge in [-0.2, -0.15) is 0 Å². The number of hydrogen-bond donors (Lipinski definition) is 2. The largest absolute Gasteiger partial charge is 0.494 e. The number of rotatable bonds is 14. The van der Waals surface area contributed by atoms with Crippen LogP contribution in [-0.2, 0) is 14.3 Å². The molecule has 1 saturated heterocycles. The quantitative estimate of drug-likeness (QED) is 0.301. The number of benzene rings is 1. The van der Waals surface area contributed by atoms with E-state index in [9.17, 15) is 19.2 Å². The Labute approximate surface area is 207 Å². The average molecular weight is 490 g/mol. The maximum Gasteiger partial charge on any atom is 0.237 e. The van der Waals surface area contributed by atoms with Crippen LogP contribution in [0.3, 0.4) is 0 Å². The molecule has 9 heteroatoms. The summed E-state index contributed by atoms with van der Waals surface area (Å²) in [5.41, 5.74) is 1.32. The highest BCUT2D eigenvalue weighted by Gasteiger charge is 2.48. The van der Waals surface area contributed by atoms with Gasteiger partial charge >= 0.3 is 0 Å². The maximum atomic E-state index is 11.2. The molecule has 2 N–H and O–H groups in total. The normalized spacial score (nSPS) is 16.8. The van der Waals surface area contributed by atoms with Gasteiger partial charge in [0.15, 0.2) is 12.6 Å². The first-order chi connectivity index (χ1) is 16.9. The molecular formula is C26H39N3O6. The van der Waals surface area contributed by atoms with Gasteiger partial charge in [-0.3, -0.25) is 19.3 Å². The summed E-state index contributed by atoms with van der Waals surface area (Å²) in [6.07, 6.45) is 7.92. The molecule has 3 rings (SSSR count). The minimum Gasteiger partial charge on any atom is -0.494 e. The van der Waals surface area contributed by atoms with Crippen molar-refractivity contribution in [2.45, 2.75) is 50.7 Å². The van der Waals surface area contributed by atoms with Crippen LogP contribution in [0.15, 0.2) is 18.2 Å². The SMILES string of the molecule is CNC(=O)C(CCC=O)N(C)C.O=Cc1ccc(OCCCCOC2CC3(CNC3)C2)cc1C=O. The van der Waals surface area contributed by atoms with Crippen molar-refractivity contribution in [2.75, 3.05) is 47.4 Å². The van der Waals surface area contributed by atoms with Gasteiger partial charge in [-0.15, -0.1) is 0 Å². The molecule has 2 fully saturated rings. The fourth-order valence-corrected chi connectivity index (χ4v) is 4.30. The summed E-state index contributed by atoms with van der Waals surface area (Å²) in [6, 6.07) is 4.73. The number of carbonyl (C=O) groups is 4. The lowest BCUT2D eigenvalue weighted by molar-refractivity contribution is -0.125. The van der Waals surface area contributed by atoms with E-state index in [1.165, 1.54) is 12.8 Å². The minimum atomic E-state index is -0.194. The van der Waals surface area contributed by atoms with Gasteiger partial charge < -0.3 is 24.9 Å². The summed E-state index contributed by atoms with van der Waals surface area (Å²) in [6.45, 7) is 3.68. The molecule has 1 atom stereocenters. The zero-order valence-electron chi connectivity index (χ0n) is 21.1. The molecule has 1 aliphatic heterocycles. The van der Waals surface area contributed by atoms with E-state index in [4.69, 9.17) is 9.47 Å². The van der Waals surface area contributed by atoms with Gasteiger partial charge in [0, 0.05) is 49.7 Å². The number of likely N-dealkylation sites (N-methyl/N-ethyl adjacent to an activating group) is 2. The average Bonchev–Trinajstić information content (AvgIpc) is 2.81. The van der Waals surface area contributed by atoms with E-state index in [0.717, 1.165) is 38.8 Å². The Balaban J connectivity index is 0.000000307. The number of unbranched alkanes of at least 4 members (excludes halogenated alkanes) is 1. The number of nitrogens with one attached hydrogen (secondary N) is 2. The molecule has 1 spiro atoms. The molecule has 1 amide bonds. The first kappa shape index (κ1) is 28.6. The molecule has 1 unspecified atom stereocenters. The molecule has 0 aromatic heterocycles. The Morgan fingerprint density at radius 3 is 2.37 bits per heavy atom. The van der Waals surface area contributed by atoms with Crippen LogP contribution < -0.4 is 15.4 Å². The summed E-state index contributed by atoms with van der Waals surface area (Å²) in [7, 11) is 5.25. The smallest absolute Gasteiger partial charge is 0.237 e. The van der Waals surface area contributed by atoms with Crippen LogP contribution in [-0.4, -0.2) is 89.3 Å². The van der Waals surface area contributed by atoms with Crippen molar-refractivity contribution in [1.82, 2.24) is 15.5 Å². The highest BCUT2D eigenvalue weighted by molar-refractivity contribution is 5.90. The van der Waals surface area contributed by atoms with Crippen LogP contribution in [0.25, 0.3) is 0 Å². The molecule has 0 bridgehead atoms. The van der Waals surface area contributed by atoms with E-state index in [0.29, 0.717) is 60.4 Å². The van der Waals surface area contributed by atoms with Gasteiger partial charge in [0.1, 0.15) is 12.0 Å². The second kappa shape index (κ2) is 14.7. The third-order valence-corrected chi connectivity index (χ3v) is 6.52. The monoisotopic (exact) mass is 489 g/mol. The zero-order chi connectivity index (χ0) is 25.7. The van der Waals surface area contributed by atoms with Crippen molar-refractivity contribution in [3.8, 4) is 5.75 Å². The van der Waals surface area contributed by atoms with Crippen molar-refractivity contribution in [3.63, 3.8) is 0 Å². The lowest BCUT2D eigenvalue weighted by Gasteiger charge is -2.54. The fraction of sp³-hybridized carbons (Fsp3) is 0.615. The fourth-order valence-electron chi connectivity index (χ4n) is 4.30. The van der Waals surface area contributed by atoms with E-state index >= 15 is 0 Å². The highest BCUT2D eigenvalue weighted by atomic mass is 16.5. The summed E-state index contributed by atoms with van der Waals surface area (Å²) in [5, 5.41) is 5.88. The van der Waals surface area contributed by atoms with Gasteiger partial charge in [-0.1, -0.05) is 0 Å². The second-order valence-electron chi connectivity index (χ2n) is 9.42. The third kappa shape index (κ3) is 8.83. The maximum absolute atomic E-state index is 11.2. The van der Waals surface area contributed by atoms with Gasteiger partial charge in [0.25, 0.3) is 0 Å². The number of hydrogen-bond acceptors (Lipinski definition) is 8. The number of carbonyl (C=O) groups excluding carboxylic acids is 4. The number of nitrogens with zero attached hydrogens (tertiary/aromatic N) is 1. The molecule has 35 heavy (non-hydrogen) atoms. The first-order valence-electron chi connectivity index (χ1n) is 12.2. The van der Waals surface area contributed by atoms with Crippen molar-refractivity contribution >= 4 is 24.8 Å². The topological polar surface area (TPSA) is 114 Å². The van der Waals surface area contributed by atoms with Crippen LogP contribution in [0, 0.1) is 5.41 Å². The van der Waals surface area contributed by atoms with Gasteiger partial charge in [-0.25, -0.2) is 0 Å². The van der Waals surface area contributed by atoms with Crippen molar-refractivity contribution in [3.05, 3.63) is 29.3 Å². The Morgan fingerprint density at radius 1 is 1.14 bits per heavy atom. The highest BCUT2D eigenvalue weighted by Crippen LogP contribution is 2.45. The van der Waals surface area contributed by atoms with E-state index < -0.39 is 0 Å². The van der Waals surface area contributed by atoms with E-state index in [1.807, 2.05) is 19.0 Å². The zero-order valence-corrected chi connectivity index (χ0v) is 21.1. The molecule has 1 heterocycles. The summed E-state index contributed by atoms with van der Waals surface area (Å²) in [5.74, 6) is 0.582. The number of aldehydes is 3. The van der Waals surface area contributed by atoms with Crippen molar-refractivity contribution < 1.29 is 28.7 Å². The third-order valence-electron chi connectivity index (χ3n) is 6.52. The molecule has 0 radical (unpaired) electrons. The summed E-state index contributed by atoms with van der Waals surface area (Å²) in [4.78, 5) is 44.7. The summed E-state index contributed by atoms with van der Waals surface area (Å²) < 4.78 is 11.5. The Hall–Kier alpha value is -2.62. The molecule has 1 aromatic carbocycles. The molecule has 9 nitrogen and oxygen atoms in total. The van der Waals surface area contributed by atoms with Crippen LogP contribution in [0.4, 0.5) is 0 Å². The van der Waals surface area contributed by atoms with Gasteiger partial charge in [-0.05, 0) is 64.4 Å².